The monoisotopic (exact) mass is 442 g/mol. The number of amides is 1. The Labute approximate surface area is 195 Å². The minimum absolute atomic E-state index is 0.0144. The summed E-state index contributed by atoms with van der Waals surface area (Å²) in [5.41, 5.74) is 5.42. The van der Waals surface area contributed by atoms with Gasteiger partial charge in [0.15, 0.2) is 0 Å². The summed E-state index contributed by atoms with van der Waals surface area (Å²) in [7, 11) is 0. The van der Waals surface area contributed by atoms with Crippen molar-refractivity contribution >= 4 is 11.7 Å². The summed E-state index contributed by atoms with van der Waals surface area (Å²) in [6, 6.07) is 14.4. The lowest BCUT2D eigenvalue weighted by Gasteiger charge is -2.40. The molecule has 1 unspecified atom stereocenters. The van der Waals surface area contributed by atoms with Gasteiger partial charge >= 0.3 is 0 Å². The van der Waals surface area contributed by atoms with Gasteiger partial charge in [-0.2, -0.15) is 5.26 Å². The molecule has 1 fully saturated rings. The second-order valence-electron chi connectivity index (χ2n) is 9.11. The first-order chi connectivity index (χ1) is 15.8. The summed E-state index contributed by atoms with van der Waals surface area (Å²) in [6.07, 6.45) is 1.55. The molecule has 33 heavy (non-hydrogen) atoms. The molecule has 0 saturated carbocycles. The van der Waals surface area contributed by atoms with Crippen molar-refractivity contribution in [2.45, 2.75) is 46.6 Å². The molecule has 1 aliphatic heterocycles. The van der Waals surface area contributed by atoms with Crippen LogP contribution < -0.4 is 4.90 Å². The van der Waals surface area contributed by atoms with Crippen LogP contribution in [0, 0.1) is 25.2 Å². The first kappa shape index (κ1) is 22.6. The fourth-order valence-corrected chi connectivity index (χ4v) is 4.46. The van der Waals surface area contributed by atoms with Crippen molar-refractivity contribution in [1.29, 1.82) is 5.26 Å². The highest BCUT2D eigenvalue weighted by Crippen LogP contribution is 2.33. The smallest absolute Gasteiger partial charge is 0.257 e. The van der Waals surface area contributed by atoms with Gasteiger partial charge in [-0.1, -0.05) is 43.7 Å². The number of pyridine rings is 1. The number of aryl methyl sites for hydroxylation is 2. The summed E-state index contributed by atoms with van der Waals surface area (Å²) >= 11 is 0. The third-order valence-electron chi connectivity index (χ3n) is 6.34. The lowest BCUT2D eigenvalue weighted by molar-refractivity contribution is 0.0672. The van der Waals surface area contributed by atoms with E-state index in [1.807, 2.05) is 17.9 Å². The molecule has 1 aliphatic rings. The van der Waals surface area contributed by atoms with Gasteiger partial charge in [-0.3, -0.25) is 4.79 Å². The Bertz CT molecular complexity index is 1200. The van der Waals surface area contributed by atoms with Crippen LogP contribution in [0.1, 0.15) is 59.6 Å². The van der Waals surface area contributed by atoms with Crippen LogP contribution in [-0.2, 0) is 0 Å². The molecule has 0 aliphatic carbocycles. The molecule has 0 spiro atoms. The highest BCUT2D eigenvalue weighted by atomic mass is 16.3. The van der Waals surface area contributed by atoms with E-state index in [2.05, 4.69) is 56.0 Å². The van der Waals surface area contributed by atoms with Crippen molar-refractivity contribution in [1.82, 2.24) is 9.88 Å². The standard InChI is InChI=1S/C27H30N4O2/c1-17(2)25-24(21-8-6-18(3)7-9-21)14-22(15-28)26(29-25)30-11-12-31(19(4)16-30)27(32)23-10-13-33-20(23)5/h6-10,13-14,17,19H,11-12,16H2,1-5H3. The molecule has 4 rings (SSSR count). The van der Waals surface area contributed by atoms with E-state index in [-0.39, 0.29) is 17.9 Å². The number of carbonyl (C=O) groups is 1. The van der Waals surface area contributed by atoms with Crippen molar-refractivity contribution in [3.8, 4) is 17.2 Å². The number of nitrogens with zero attached hydrogens (tertiary/aromatic N) is 4. The number of furan rings is 1. The van der Waals surface area contributed by atoms with Gasteiger partial charge < -0.3 is 14.2 Å². The maximum Gasteiger partial charge on any atom is 0.257 e. The zero-order chi connectivity index (χ0) is 23.7. The Hall–Kier alpha value is -3.59. The number of nitriles is 1. The van der Waals surface area contributed by atoms with Crippen LogP contribution in [0.15, 0.2) is 47.1 Å². The lowest BCUT2D eigenvalue weighted by atomic mass is 9.95. The molecule has 170 valence electrons. The van der Waals surface area contributed by atoms with Gasteiger partial charge in [-0.25, -0.2) is 4.98 Å². The van der Waals surface area contributed by atoms with Crippen molar-refractivity contribution in [3.63, 3.8) is 0 Å². The fraction of sp³-hybridized carbons (Fsp3) is 0.370. The van der Waals surface area contributed by atoms with Crippen LogP contribution in [0.2, 0.25) is 0 Å². The Morgan fingerprint density at radius 2 is 1.91 bits per heavy atom. The Morgan fingerprint density at radius 1 is 1.18 bits per heavy atom. The number of carbonyl (C=O) groups excluding carboxylic acids is 1. The molecule has 0 N–H and O–H groups in total. The Kier molecular flexibility index (Phi) is 6.24. The van der Waals surface area contributed by atoms with Gasteiger partial charge in [0.05, 0.1) is 23.1 Å². The van der Waals surface area contributed by atoms with Crippen LogP contribution in [-0.4, -0.2) is 41.5 Å². The molecule has 1 amide bonds. The summed E-state index contributed by atoms with van der Waals surface area (Å²) in [4.78, 5) is 22.0. The van der Waals surface area contributed by atoms with Gasteiger partial charge in [0, 0.05) is 31.2 Å². The highest BCUT2D eigenvalue weighted by molar-refractivity contribution is 5.95. The number of benzene rings is 1. The molecule has 1 atom stereocenters. The SMILES string of the molecule is Cc1ccc(-c2cc(C#N)c(N3CCN(C(=O)c4ccoc4C)C(C)C3)nc2C(C)C)cc1. The molecule has 1 aromatic carbocycles. The van der Waals surface area contributed by atoms with E-state index in [1.54, 1.807) is 19.3 Å². The molecule has 3 heterocycles. The summed E-state index contributed by atoms with van der Waals surface area (Å²) in [6.45, 7) is 12.0. The van der Waals surface area contributed by atoms with Gasteiger partial charge in [0.25, 0.3) is 5.91 Å². The van der Waals surface area contributed by atoms with Crippen molar-refractivity contribution in [2.75, 3.05) is 24.5 Å². The second-order valence-corrected chi connectivity index (χ2v) is 9.11. The van der Waals surface area contributed by atoms with E-state index in [0.717, 1.165) is 16.8 Å². The van der Waals surface area contributed by atoms with Crippen molar-refractivity contribution < 1.29 is 9.21 Å². The Balaban J connectivity index is 1.65. The quantitative estimate of drug-likeness (QED) is 0.548. The maximum absolute atomic E-state index is 13.0. The molecule has 6 nitrogen and oxygen atoms in total. The molecule has 1 saturated heterocycles. The number of hydrogen-bond acceptors (Lipinski definition) is 5. The fourth-order valence-electron chi connectivity index (χ4n) is 4.46. The average molecular weight is 443 g/mol. The van der Waals surface area contributed by atoms with E-state index in [9.17, 15) is 10.1 Å². The van der Waals surface area contributed by atoms with Crippen LogP contribution >= 0.6 is 0 Å². The molecular weight excluding hydrogens is 412 g/mol. The highest BCUT2D eigenvalue weighted by Gasteiger charge is 2.31. The third-order valence-corrected chi connectivity index (χ3v) is 6.34. The maximum atomic E-state index is 13.0. The third kappa shape index (κ3) is 4.36. The van der Waals surface area contributed by atoms with Crippen LogP contribution in [0.25, 0.3) is 11.1 Å². The summed E-state index contributed by atoms with van der Waals surface area (Å²) in [5.74, 6) is 1.53. The topological polar surface area (TPSA) is 73.4 Å². The molecule has 3 aromatic rings. The van der Waals surface area contributed by atoms with Crippen LogP contribution in [0.4, 0.5) is 5.82 Å². The predicted molar refractivity (Wildman–Crippen MR) is 129 cm³/mol. The number of anilines is 1. The van der Waals surface area contributed by atoms with Gasteiger partial charge in [-0.05, 0) is 44.4 Å². The first-order valence-corrected chi connectivity index (χ1v) is 11.4. The number of piperazine rings is 1. The van der Waals surface area contributed by atoms with Gasteiger partial charge in [0.2, 0.25) is 0 Å². The zero-order valence-electron chi connectivity index (χ0n) is 19.9. The van der Waals surface area contributed by atoms with Crippen LogP contribution in [0.3, 0.4) is 0 Å². The largest absolute Gasteiger partial charge is 0.469 e. The van der Waals surface area contributed by atoms with E-state index < -0.39 is 0 Å². The normalized spacial score (nSPS) is 16.2. The van der Waals surface area contributed by atoms with Gasteiger partial charge in [0.1, 0.15) is 17.6 Å². The molecule has 2 aromatic heterocycles. The minimum Gasteiger partial charge on any atom is -0.469 e. The molecular formula is C27H30N4O2. The average Bonchev–Trinajstić information content (AvgIpc) is 3.24. The predicted octanol–water partition coefficient (Wildman–Crippen LogP) is 5.30. The van der Waals surface area contributed by atoms with E-state index in [0.29, 0.717) is 42.3 Å². The minimum atomic E-state index is -0.0202. The van der Waals surface area contributed by atoms with E-state index in [1.165, 1.54) is 5.56 Å². The number of rotatable bonds is 4. The van der Waals surface area contributed by atoms with E-state index in [4.69, 9.17) is 9.40 Å². The van der Waals surface area contributed by atoms with Crippen molar-refractivity contribution in [2.24, 2.45) is 0 Å². The summed E-state index contributed by atoms with van der Waals surface area (Å²) < 4.78 is 5.32. The molecule has 0 bridgehead atoms. The van der Waals surface area contributed by atoms with Crippen molar-refractivity contribution in [3.05, 3.63) is 70.8 Å². The number of aromatic nitrogens is 1. The van der Waals surface area contributed by atoms with Crippen LogP contribution in [0.5, 0.6) is 0 Å². The lowest BCUT2D eigenvalue weighted by Crippen LogP contribution is -2.54. The second kappa shape index (κ2) is 9.11. The number of hydrogen-bond donors (Lipinski definition) is 0. The van der Waals surface area contributed by atoms with E-state index >= 15 is 0 Å². The molecule has 0 radical (unpaired) electrons. The zero-order valence-corrected chi connectivity index (χ0v) is 19.9. The summed E-state index contributed by atoms with van der Waals surface area (Å²) in [5, 5.41) is 9.96. The first-order valence-electron chi connectivity index (χ1n) is 11.4. The Morgan fingerprint density at radius 3 is 2.48 bits per heavy atom. The molecule has 6 heteroatoms. The van der Waals surface area contributed by atoms with Gasteiger partial charge in [-0.15, -0.1) is 0 Å².